The number of carbonyl (C=O) groups excluding carboxylic acids is 2. The standard InChI is InChI=1S/C27H33FN4O6/c1-13-21-18(23(34)16(24(35)36)10-32(21)15-6-7-15)20(29-14(2)33)19(28)22(13)31-11-17(27(12-31)8-9-27)30-25(37)38-26(3,4)5/h10,15,17H,6-9,11-12H2,1-5H3,(H,29,33)(H,30,37)(H,35,36)/t17-/m1/s1. The molecule has 204 valence electrons. The molecule has 2 aromatic rings. The zero-order valence-electron chi connectivity index (χ0n) is 22.2. The minimum absolute atomic E-state index is 0.0201. The van der Waals surface area contributed by atoms with Gasteiger partial charge in [-0.1, -0.05) is 0 Å². The van der Waals surface area contributed by atoms with Gasteiger partial charge < -0.3 is 29.9 Å². The Balaban J connectivity index is 1.65. The fourth-order valence-electron chi connectivity index (χ4n) is 5.67. The normalized spacial score (nSPS) is 20.1. The van der Waals surface area contributed by atoms with Crippen molar-refractivity contribution in [1.29, 1.82) is 0 Å². The van der Waals surface area contributed by atoms with Gasteiger partial charge in [0, 0.05) is 37.7 Å². The van der Waals surface area contributed by atoms with Gasteiger partial charge in [0.15, 0.2) is 5.82 Å². The number of aromatic carboxylic acids is 1. The van der Waals surface area contributed by atoms with E-state index in [1.165, 1.54) is 13.1 Å². The van der Waals surface area contributed by atoms with Crippen LogP contribution < -0.4 is 21.0 Å². The number of rotatable bonds is 5. The number of fused-ring (bicyclic) bond motifs is 1. The maximum Gasteiger partial charge on any atom is 0.407 e. The molecule has 3 N–H and O–H groups in total. The van der Waals surface area contributed by atoms with E-state index in [0.29, 0.717) is 24.2 Å². The molecule has 2 aliphatic carbocycles. The summed E-state index contributed by atoms with van der Waals surface area (Å²) in [6.07, 6.45) is 4.13. The van der Waals surface area contributed by atoms with E-state index in [4.69, 9.17) is 4.74 Å². The topological polar surface area (TPSA) is 130 Å². The van der Waals surface area contributed by atoms with Crippen LogP contribution >= 0.6 is 0 Å². The van der Waals surface area contributed by atoms with E-state index in [-0.39, 0.29) is 34.3 Å². The number of hydrogen-bond donors (Lipinski definition) is 3. The van der Waals surface area contributed by atoms with E-state index in [1.54, 1.807) is 32.3 Å². The number of hydrogen-bond acceptors (Lipinski definition) is 6. The van der Waals surface area contributed by atoms with Crippen LogP contribution in [-0.2, 0) is 9.53 Å². The Labute approximate surface area is 219 Å². The fourth-order valence-corrected chi connectivity index (χ4v) is 5.67. The molecule has 38 heavy (non-hydrogen) atoms. The number of ether oxygens (including phenoxy) is 1. The second-order valence-corrected chi connectivity index (χ2v) is 11.8. The van der Waals surface area contributed by atoms with Crippen molar-refractivity contribution in [2.75, 3.05) is 23.3 Å². The van der Waals surface area contributed by atoms with Crippen molar-refractivity contribution in [2.24, 2.45) is 5.41 Å². The molecule has 5 rings (SSSR count). The quantitative estimate of drug-likeness (QED) is 0.536. The number of halogens is 1. The van der Waals surface area contributed by atoms with E-state index in [0.717, 1.165) is 25.7 Å². The van der Waals surface area contributed by atoms with Crippen LogP contribution in [0.5, 0.6) is 0 Å². The molecule has 1 aromatic carbocycles. The average molecular weight is 529 g/mol. The summed E-state index contributed by atoms with van der Waals surface area (Å²) in [5, 5.41) is 15.0. The molecule has 1 saturated heterocycles. The molecule has 2 amide bonds. The van der Waals surface area contributed by atoms with Gasteiger partial charge in [-0.2, -0.15) is 0 Å². The Morgan fingerprint density at radius 1 is 1.21 bits per heavy atom. The molecule has 0 bridgehead atoms. The monoisotopic (exact) mass is 528 g/mol. The molecule has 11 heteroatoms. The van der Waals surface area contributed by atoms with Crippen molar-refractivity contribution < 1.29 is 28.6 Å². The number of nitrogens with one attached hydrogen (secondary N) is 2. The minimum atomic E-state index is -1.41. The number of carboxylic acids is 1. The molecular formula is C27H33FN4O6. The van der Waals surface area contributed by atoms with Crippen LogP contribution in [0, 0.1) is 18.2 Å². The number of aromatic nitrogens is 1. The zero-order valence-corrected chi connectivity index (χ0v) is 22.2. The molecule has 0 unspecified atom stereocenters. The number of carboxylic acid groups (broad SMARTS) is 1. The number of anilines is 2. The minimum Gasteiger partial charge on any atom is -0.477 e. The smallest absolute Gasteiger partial charge is 0.407 e. The first-order chi connectivity index (χ1) is 17.7. The van der Waals surface area contributed by atoms with Crippen LogP contribution in [0.2, 0.25) is 0 Å². The van der Waals surface area contributed by atoms with Gasteiger partial charge in [0.05, 0.1) is 28.3 Å². The Bertz CT molecular complexity index is 1430. The molecule has 10 nitrogen and oxygen atoms in total. The summed E-state index contributed by atoms with van der Waals surface area (Å²) >= 11 is 0. The van der Waals surface area contributed by atoms with Crippen LogP contribution in [0.4, 0.5) is 20.6 Å². The van der Waals surface area contributed by atoms with Crippen molar-refractivity contribution in [3.8, 4) is 0 Å². The average Bonchev–Trinajstić information content (AvgIpc) is 3.69. The molecule has 1 atom stereocenters. The van der Waals surface area contributed by atoms with Gasteiger partial charge in [-0.15, -0.1) is 0 Å². The zero-order chi connectivity index (χ0) is 27.7. The van der Waals surface area contributed by atoms with Crippen LogP contribution in [-0.4, -0.2) is 52.4 Å². The summed E-state index contributed by atoms with van der Waals surface area (Å²) in [6.45, 7) is 9.08. The summed E-state index contributed by atoms with van der Waals surface area (Å²) in [6, 6.07) is -0.288. The van der Waals surface area contributed by atoms with Crippen LogP contribution in [0.1, 0.15) is 75.3 Å². The van der Waals surface area contributed by atoms with Crippen LogP contribution in [0.15, 0.2) is 11.0 Å². The lowest BCUT2D eigenvalue weighted by Crippen LogP contribution is -2.44. The van der Waals surface area contributed by atoms with Crippen molar-refractivity contribution in [2.45, 2.75) is 78.0 Å². The summed E-state index contributed by atoms with van der Waals surface area (Å²) in [7, 11) is 0. The highest BCUT2D eigenvalue weighted by Gasteiger charge is 2.56. The lowest BCUT2D eigenvalue weighted by atomic mass is 10.0. The maximum atomic E-state index is 16.4. The Hall–Kier alpha value is -3.63. The first kappa shape index (κ1) is 26.0. The number of benzene rings is 1. The lowest BCUT2D eigenvalue weighted by molar-refractivity contribution is -0.114. The third-order valence-electron chi connectivity index (χ3n) is 7.64. The summed E-state index contributed by atoms with van der Waals surface area (Å²) in [4.78, 5) is 51.7. The largest absolute Gasteiger partial charge is 0.477 e. The predicted molar refractivity (Wildman–Crippen MR) is 139 cm³/mol. The fraction of sp³-hybridized carbons (Fsp3) is 0.556. The van der Waals surface area contributed by atoms with E-state index >= 15 is 4.39 Å². The molecular weight excluding hydrogens is 495 g/mol. The van der Waals surface area contributed by atoms with Gasteiger partial charge in [-0.05, 0) is 58.9 Å². The van der Waals surface area contributed by atoms with Gasteiger partial charge >= 0.3 is 12.1 Å². The highest BCUT2D eigenvalue weighted by Crippen LogP contribution is 2.55. The second-order valence-electron chi connectivity index (χ2n) is 11.8. The Kier molecular flexibility index (Phi) is 5.96. The van der Waals surface area contributed by atoms with Crippen LogP contribution in [0.25, 0.3) is 10.9 Å². The molecule has 1 spiro atoms. The molecule has 2 saturated carbocycles. The highest BCUT2D eigenvalue weighted by atomic mass is 19.1. The van der Waals surface area contributed by atoms with E-state index in [1.807, 2.05) is 4.90 Å². The Morgan fingerprint density at radius 3 is 2.39 bits per heavy atom. The third kappa shape index (κ3) is 4.48. The number of alkyl carbamates (subject to hydrolysis) is 1. The summed E-state index contributed by atoms with van der Waals surface area (Å²) in [5.41, 5.74) is -1.37. The van der Waals surface area contributed by atoms with Crippen molar-refractivity contribution in [1.82, 2.24) is 9.88 Å². The molecule has 2 heterocycles. The predicted octanol–water partition coefficient (Wildman–Crippen LogP) is 3.93. The maximum absolute atomic E-state index is 16.4. The van der Waals surface area contributed by atoms with Gasteiger partial charge in [0.25, 0.3) is 0 Å². The third-order valence-corrected chi connectivity index (χ3v) is 7.64. The number of pyridine rings is 1. The molecule has 0 radical (unpaired) electrons. The van der Waals surface area contributed by atoms with Gasteiger partial charge in [-0.25, -0.2) is 14.0 Å². The van der Waals surface area contributed by atoms with Gasteiger partial charge in [0.2, 0.25) is 11.3 Å². The van der Waals surface area contributed by atoms with Gasteiger partial charge in [-0.3, -0.25) is 9.59 Å². The van der Waals surface area contributed by atoms with Crippen molar-refractivity contribution >= 4 is 40.2 Å². The molecule has 1 aromatic heterocycles. The number of aryl methyl sites for hydroxylation is 1. The Morgan fingerprint density at radius 2 is 1.87 bits per heavy atom. The van der Waals surface area contributed by atoms with Crippen LogP contribution in [0.3, 0.4) is 0 Å². The van der Waals surface area contributed by atoms with E-state index < -0.39 is 40.4 Å². The first-order valence-electron chi connectivity index (χ1n) is 12.9. The lowest BCUT2D eigenvalue weighted by Gasteiger charge is -2.26. The van der Waals surface area contributed by atoms with E-state index in [2.05, 4.69) is 10.6 Å². The first-order valence-corrected chi connectivity index (χ1v) is 12.9. The summed E-state index contributed by atoms with van der Waals surface area (Å²) < 4.78 is 23.5. The summed E-state index contributed by atoms with van der Waals surface area (Å²) in [5.74, 6) is -2.78. The highest BCUT2D eigenvalue weighted by molar-refractivity contribution is 6.06. The molecule has 3 fully saturated rings. The van der Waals surface area contributed by atoms with Crippen molar-refractivity contribution in [3.05, 3.63) is 33.4 Å². The number of amides is 2. The molecule has 1 aliphatic heterocycles. The number of carbonyl (C=O) groups is 3. The SMILES string of the molecule is CC(=O)Nc1c(F)c(N2C[C@@H](NC(=O)OC(C)(C)C)C3(CC3)C2)c(C)c2c1c(=O)c(C(=O)O)cn2C1CC1. The van der Waals surface area contributed by atoms with E-state index in [9.17, 15) is 24.3 Å². The second kappa shape index (κ2) is 8.71. The molecule has 3 aliphatic rings. The van der Waals surface area contributed by atoms with Gasteiger partial charge in [0.1, 0.15) is 11.2 Å². The van der Waals surface area contributed by atoms with Crippen molar-refractivity contribution in [3.63, 3.8) is 0 Å². The number of nitrogens with zero attached hydrogens (tertiary/aromatic N) is 2.